The van der Waals surface area contributed by atoms with Crippen LogP contribution in [-0.2, 0) is 12.0 Å². The molecular formula is C20H25NO3. The van der Waals surface area contributed by atoms with Crippen molar-refractivity contribution in [1.82, 2.24) is 4.90 Å². The van der Waals surface area contributed by atoms with Crippen LogP contribution in [0.5, 0.6) is 11.5 Å². The molecule has 128 valence electrons. The van der Waals surface area contributed by atoms with E-state index in [1.807, 2.05) is 12.2 Å². The van der Waals surface area contributed by atoms with Gasteiger partial charge in [0, 0.05) is 31.6 Å². The average Bonchev–Trinajstić information content (AvgIpc) is 2.79. The number of ether oxygens (including phenoxy) is 2. The maximum Gasteiger partial charge on any atom is 0.166 e. The Morgan fingerprint density at radius 3 is 3.12 bits per heavy atom. The zero-order valence-electron chi connectivity index (χ0n) is 14.4. The number of hydrogen-bond donors (Lipinski definition) is 1. The monoisotopic (exact) mass is 327 g/mol. The largest absolute Gasteiger partial charge is 0.493 e. The Bertz CT molecular complexity index is 711. The van der Waals surface area contributed by atoms with E-state index in [1.54, 1.807) is 7.11 Å². The van der Waals surface area contributed by atoms with Crippen LogP contribution < -0.4 is 9.47 Å². The maximum atomic E-state index is 10.1. The van der Waals surface area contributed by atoms with Crippen molar-refractivity contribution in [2.24, 2.45) is 0 Å². The molecule has 3 aliphatic rings. The van der Waals surface area contributed by atoms with Gasteiger partial charge < -0.3 is 14.6 Å². The number of nitrogens with zero attached hydrogens (tertiary/aromatic N) is 1. The molecule has 3 atom stereocenters. The molecule has 0 radical (unpaired) electrons. The summed E-state index contributed by atoms with van der Waals surface area (Å²) in [4.78, 5) is 2.44. The summed E-state index contributed by atoms with van der Waals surface area (Å²) < 4.78 is 12.0. The Balaban J connectivity index is 1.93. The normalized spacial score (nSPS) is 31.0. The highest BCUT2D eigenvalue weighted by Crippen LogP contribution is 2.56. The molecular weight excluding hydrogens is 302 g/mol. The number of methoxy groups -OCH3 is 1. The van der Waals surface area contributed by atoms with Gasteiger partial charge in [-0.25, -0.2) is 0 Å². The highest BCUT2D eigenvalue weighted by atomic mass is 16.5. The quantitative estimate of drug-likeness (QED) is 0.867. The maximum absolute atomic E-state index is 10.1. The summed E-state index contributed by atoms with van der Waals surface area (Å²) in [5, 5.41) is 10.1. The first-order valence-electron chi connectivity index (χ1n) is 8.67. The summed E-state index contributed by atoms with van der Waals surface area (Å²) in [7, 11) is 1.70. The first-order valence-corrected chi connectivity index (χ1v) is 8.67. The molecule has 0 fully saturated rings. The minimum atomic E-state index is -0.432. The number of aryl methyl sites for hydroxylation is 1. The van der Waals surface area contributed by atoms with Crippen molar-refractivity contribution in [2.45, 2.75) is 43.9 Å². The molecule has 4 nitrogen and oxygen atoms in total. The lowest BCUT2D eigenvalue weighted by Gasteiger charge is -2.36. The van der Waals surface area contributed by atoms with Crippen LogP contribution in [0.4, 0.5) is 0 Å². The van der Waals surface area contributed by atoms with Gasteiger partial charge >= 0.3 is 0 Å². The van der Waals surface area contributed by atoms with Crippen molar-refractivity contribution < 1.29 is 14.6 Å². The standard InChI is InChI=1S/C20H25NO3/c1-4-8-21-9-7-20-6-5-14(22)11-17(20)24-19-16(23-3)10-13(2)15(12-21)18(19)20/h4-6,10,14,17,22H,1,7-9,11-12H2,2-3H3/t14-,17-,20?/m1/s1. The molecule has 0 saturated heterocycles. The second-order valence-corrected chi connectivity index (χ2v) is 7.16. The third-order valence-corrected chi connectivity index (χ3v) is 5.78. The molecule has 1 spiro atoms. The predicted octanol–water partition coefficient (Wildman–Crippen LogP) is 2.71. The molecule has 1 aromatic carbocycles. The molecule has 4 rings (SSSR count). The number of benzene rings is 1. The summed E-state index contributed by atoms with van der Waals surface area (Å²) in [6.45, 7) is 8.82. The van der Waals surface area contributed by atoms with Crippen molar-refractivity contribution in [1.29, 1.82) is 0 Å². The Labute approximate surface area is 143 Å². The van der Waals surface area contributed by atoms with Crippen LogP contribution in [0.3, 0.4) is 0 Å². The molecule has 1 unspecified atom stereocenters. The van der Waals surface area contributed by atoms with Gasteiger partial charge in [-0.15, -0.1) is 6.58 Å². The summed E-state index contributed by atoms with van der Waals surface area (Å²) in [6.07, 6.45) is 7.27. The Morgan fingerprint density at radius 1 is 1.54 bits per heavy atom. The van der Waals surface area contributed by atoms with Gasteiger partial charge in [-0.05, 0) is 30.5 Å². The second-order valence-electron chi connectivity index (χ2n) is 7.16. The van der Waals surface area contributed by atoms with Crippen LogP contribution in [0.2, 0.25) is 0 Å². The second kappa shape index (κ2) is 5.64. The van der Waals surface area contributed by atoms with E-state index >= 15 is 0 Å². The number of hydrogen-bond acceptors (Lipinski definition) is 4. The average molecular weight is 327 g/mol. The predicted molar refractivity (Wildman–Crippen MR) is 93.7 cm³/mol. The molecule has 2 heterocycles. The van der Waals surface area contributed by atoms with E-state index in [-0.39, 0.29) is 11.5 Å². The molecule has 24 heavy (non-hydrogen) atoms. The van der Waals surface area contributed by atoms with Crippen molar-refractivity contribution in [3.8, 4) is 11.5 Å². The fourth-order valence-electron chi connectivity index (χ4n) is 4.56. The van der Waals surface area contributed by atoms with E-state index in [4.69, 9.17) is 9.47 Å². The van der Waals surface area contributed by atoms with E-state index in [0.717, 1.165) is 37.6 Å². The fourth-order valence-corrected chi connectivity index (χ4v) is 4.56. The minimum absolute atomic E-state index is 0.0226. The van der Waals surface area contributed by atoms with Crippen LogP contribution >= 0.6 is 0 Å². The van der Waals surface area contributed by atoms with Gasteiger partial charge in [0.1, 0.15) is 6.10 Å². The van der Waals surface area contributed by atoms with Crippen LogP contribution in [-0.4, -0.2) is 42.4 Å². The highest BCUT2D eigenvalue weighted by molar-refractivity contribution is 5.63. The van der Waals surface area contributed by atoms with Crippen LogP contribution in [0.1, 0.15) is 29.5 Å². The topological polar surface area (TPSA) is 41.9 Å². The summed E-state index contributed by atoms with van der Waals surface area (Å²) in [5.41, 5.74) is 3.71. The smallest absolute Gasteiger partial charge is 0.166 e. The Hall–Kier alpha value is -1.78. The Kier molecular flexibility index (Phi) is 3.70. The van der Waals surface area contributed by atoms with Crippen molar-refractivity contribution in [3.63, 3.8) is 0 Å². The molecule has 0 saturated carbocycles. The number of rotatable bonds is 3. The van der Waals surface area contributed by atoms with E-state index in [9.17, 15) is 5.11 Å². The molecule has 0 bridgehead atoms. The van der Waals surface area contributed by atoms with Crippen LogP contribution in [0, 0.1) is 6.92 Å². The van der Waals surface area contributed by atoms with Gasteiger partial charge in [0.25, 0.3) is 0 Å². The first-order chi connectivity index (χ1) is 11.6. The van der Waals surface area contributed by atoms with Gasteiger partial charge in [-0.1, -0.05) is 18.2 Å². The van der Waals surface area contributed by atoms with Crippen molar-refractivity contribution in [3.05, 3.63) is 47.6 Å². The zero-order valence-corrected chi connectivity index (χ0v) is 14.4. The summed E-state index contributed by atoms with van der Waals surface area (Å²) in [5.74, 6) is 1.68. The van der Waals surface area contributed by atoms with Gasteiger partial charge in [-0.2, -0.15) is 0 Å². The van der Waals surface area contributed by atoms with E-state index < -0.39 is 6.10 Å². The number of aliphatic hydroxyl groups excluding tert-OH is 1. The number of aliphatic hydroxyl groups is 1. The molecule has 1 N–H and O–H groups in total. The fraction of sp³-hybridized carbons (Fsp3) is 0.500. The zero-order chi connectivity index (χ0) is 16.9. The molecule has 2 aliphatic heterocycles. The lowest BCUT2D eigenvalue weighted by atomic mass is 9.68. The van der Waals surface area contributed by atoms with Crippen LogP contribution in [0.15, 0.2) is 30.9 Å². The Morgan fingerprint density at radius 2 is 2.38 bits per heavy atom. The minimum Gasteiger partial charge on any atom is -0.493 e. The SMILES string of the molecule is C=CCN1CCC23C=C[C@@H](O)C[C@H]2Oc2c(OC)cc(C)c(c23)C1. The van der Waals surface area contributed by atoms with Crippen molar-refractivity contribution >= 4 is 0 Å². The van der Waals surface area contributed by atoms with Crippen LogP contribution in [0.25, 0.3) is 0 Å². The molecule has 0 aromatic heterocycles. The highest BCUT2D eigenvalue weighted by Gasteiger charge is 2.53. The van der Waals surface area contributed by atoms with Crippen molar-refractivity contribution in [2.75, 3.05) is 20.2 Å². The van der Waals surface area contributed by atoms with Gasteiger partial charge in [-0.3, -0.25) is 4.90 Å². The van der Waals surface area contributed by atoms with Gasteiger partial charge in [0.05, 0.1) is 18.6 Å². The van der Waals surface area contributed by atoms with E-state index in [0.29, 0.717) is 6.42 Å². The molecule has 4 heteroatoms. The van der Waals surface area contributed by atoms with E-state index in [2.05, 4.69) is 30.5 Å². The van der Waals surface area contributed by atoms with E-state index in [1.165, 1.54) is 16.7 Å². The summed E-state index contributed by atoms with van der Waals surface area (Å²) >= 11 is 0. The van der Waals surface area contributed by atoms with Gasteiger partial charge in [0.15, 0.2) is 11.5 Å². The summed E-state index contributed by atoms with van der Waals surface area (Å²) in [6, 6.07) is 2.08. The molecule has 1 aromatic rings. The molecule has 0 amide bonds. The molecule has 1 aliphatic carbocycles. The van der Waals surface area contributed by atoms with Gasteiger partial charge in [0.2, 0.25) is 0 Å². The first kappa shape index (κ1) is 15.7. The third kappa shape index (κ3) is 2.13. The lowest BCUT2D eigenvalue weighted by Crippen LogP contribution is -2.43. The third-order valence-electron chi connectivity index (χ3n) is 5.78. The lowest BCUT2D eigenvalue weighted by molar-refractivity contribution is 0.0816.